The van der Waals surface area contributed by atoms with Crippen LogP contribution >= 0.6 is 15.9 Å². The van der Waals surface area contributed by atoms with Crippen LogP contribution in [0.25, 0.3) is 0 Å². The van der Waals surface area contributed by atoms with Crippen molar-refractivity contribution < 1.29 is 9.90 Å². The summed E-state index contributed by atoms with van der Waals surface area (Å²) in [5.74, 6) is -0.772. The van der Waals surface area contributed by atoms with Crippen LogP contribution in [0.1, 0.15) is 18.4 Å². The zero-order valence-electron chi connectivity index (χ0n) is 10.5. The number of carboxylic acids is 1. The van der Waals surface area contributed by atoms with E-state index < -0.39 is 5.97 Å². The third-order valence-electron chi connectivity index (χ3n) is 3.78. The van der Waals surface area contributed by atoms with Gasteiger partial charge in [0.15, 0.2) is 0 Å². The van der Waals surface area contributed by atoms with E-state index in [9.17, 15) is 4.79 Å². The maximum Gasteiger partial charge on any atom is 0.306 e. The number of hydrogen-bond acceptors (Lipinski definition) is 2. The lowest BCUT2D eigenvalue weighted by Gasteiger charge is -2.39. The summed E-state index contributed by atoms with van der Waals surface area (Å²) in [5, 5.41) is 8.85. The average molecular weight is 312 g/mol. The molecule has 2 rings (SSSR count). The molecule has 0 spiro atoms. The molecule has 0 unspecified atom stereocenters. The predicted molar refractivity (Wildman–Crippen MR) is 74.6 cm³/mol. The maximum absolute atomic E-state index is 10.7. The Morgan fingerprint density at radius 2 is 2.11 bits per heavy atom. The highest BCUT2D eigenvalue weighted by Gasteiger charge is 2.36. The van der Waals surface area contributed by atoms with E-state index in [0.29, 0.717) is 6.04 Å². The number of aliphatic carboxylic acids is 1. The number of hydrogen-bond donors (Lipinski definition) is 1. The number of carboxylic acid groups (broad SMARTS) is 1. The van der Waals surface area contributed by atoms with E-state index in [-0.39, 0.29) is 5.92 Å². The molecule has 0 saturated heterocycles. The van der Waals surface area contributed by atoms with Crippen LogP contribution in [-0.4, -0.2) is 35.6 Å². The topological polar surface area (TPSA) is 40.5 Å². The molecule has 0 amide bonds. The molecule has 0 radical (unpaired) electrons. The molecule has 0 heterocycles. The SMILES string of the molecule is CN(CCc1ccccc1Br)C1CC(C(=O)O)C1. The lowest BCUT2D eigenvalue weighted by molar-refractivity contribution is -0.146. The van der Waals surface area contributed by atoms with Crippen LogP contribution < -0.4 is 0 Å². The van der Waals surface area contributed by atoms with Crippen molar-refractivity contribution in [3.63, 3.8) is 0 Å². The second-order valence-corrected chi connectivity index (χ2v) is 5.84. The quantitative estimate of drug-likeness (QED) is 0.909. The first-order valence-electron chi connectivity index (χ1n) is 6.24. The lowest BCUT2D eigenvalue weighted by Crippen LogP contribution is -2.45. The molecule has 1 saturated carbocycles. The van der Waals surface area contributed by atoms with Gasteiger partial charge in [-0.2, -0.15) is 0 Å². The number of nitrogens with zero attached hydrogens (tertiary/aromatic N) is 1. The maximum atomic E-state index is 10.7. The monoisotopic (exact) mass is 311 g/mol. The largest absolute Gasteiger partial charge is 0.481 e. The van der Waals surface area contributed by atoms with Crippen LogP contribution in [0.15, 0.2) is 28.7 Å². The fourth-order valence-electron chi connectivity index (χ4n) is 2.33. The summed E-state index contributed by atoms with van der Waals surface area (Å²) in [4.78, 5) is 13.0. The van der Waals surface area contributed by atoms with Crippen molar-refractivity contribution in [3.05, 3.63) is 34.3 Å². The van der Waals surface area contributed by atoms with Gasteiger partial charge in [0.1, 0.15) is 0 Å². The minimum absolute atomic E-state index is 0.124. The smallest absolute Gasteiger partial charge is 0.306 e. The lowest BCUT2D eigenvalue weighted by atomic mass is 9.79. The van der Waals surface area contributed by atoms with E-state index in [1.807, 2.05) is 12.1 Å². The summed E-state index contributed by atoms with van der Waals surface area (Å²) in [5.41, 5.74) is 1.30. The summed E-state index contributed by atoms with van der Waals surface area (Å²) >= 11 is 3.55. The Hall–Kier alpha value is -0.870. The van der Waals surface area contributed by atoms with Gasteiger partial charge in [-0.25, -0.2) is 0 Å². The number of carbonyl (C=O) groups is 1. The molecule has 1 aromatic rings. The Bertz CT molecular complexity index is 430. The molecule has 1 N–H and O–H groups in total. The van der Waals surface area contributed by atoms with Crippen molar-refractivity contribution in [2.45, 2.75) is 25.3 Å². The summed E-state index contributed by atoms with van der Waals surface area (Å²) in [6.07, 6.45) is 2.58. The number of benzene rings is 1. The predicted octanol–water partition coefficient (Wildman–Crippen LogP) is 2.79. The van der Waals surface area contributed by atoms with Crippen molar-refractivity contribution in [1.82, 2.24) is 4.90 Å². The minimum Gasteiger partial charge on any atom is -0.481 e. The van der Waals surface area contributed by atoms with Crippen LogP contribution in [0.3, 0.4) is 0 Å². The fourth-order valence-corrected chi connectivity index (χ4v) is 2.81. The zero-order chi connectivity index (χ0) is 13.1. The molecule has 0 aliphatic heterocycles. The van der Waals surface area contributed by atoms with Gasteiger partial charge in [-0.1, -0.05) is 34.1 Å². The summed E-state index contributed by atoms with van der Waals surface area (Å²) in [6, 6.07) is 8.68. The van der Waals surface area contributed by atoms with Crippen molar-refractivity contribution in [3.8, 4) is 0 Å². The summed E-state index contributed by atoms with van der Waals surface area (Å²) in [7, 11) is 2.08. The molecule has 18 heavy (non-hydrogen) atoms. The Labute approximate surface area is 116 Å². The number of rotatable bonds is 5. The summed E-state index contributed by atoms with van der Waals surface area (Å²) < 4.78 is 1.15. The van der Waals surface area contributed by atoms with Gasteiger partial charge in [-0.05, 0) is 37.9 Å². The minimum atomic E-state index is -0.648. The Kier molecular flexibility index (Phi) is 4.40. The van der Waals surface area contributed by atoms with E-state index in [1.165, 1.54) is 5.56 Å². The molecule has 4 heteroatoms. The van der Waals surface area contributed by atoms with Gasteiger partial charge in [0.2, 0.25) is 0 Å². The molecule has 98 valence electrons. The molecule has 0 bridgehead atoms. The Morgan fingerprint density at radius 3 is 2.72 bits per heavy atom. The van der Waals surface area contributed by atoms with Gasteiger partial charge in [-0.15, -0.1) is 0 Å². The van der Waals surface area contributed by atoms with Crippen LogP contribution in [0, 0.1) is 5.92 Å². The van der Waals surface area contributed by atoms with E-state index in [0.717, 1.165) is 30.3 Å². The highest BCUT2D eigenvalue weighted by Crippen LogP contribution is 2.31. The van der Waals surface area contributed by atoms with E-state index in [4.69, 9.17) is 5.11 Å². The van der Waals surface area contributed by atoms with Crippen LogP contribution in [0.5, 0.6) is 0 Å². The van der Waals surface area contributed by atoms with Crippen molar-refractivity contribution in [2.24, 2.45) is 5.92 Å². The standard InChI is InChI=1S/C14H18BrNO2/c1-16(12-8-11(9-12)14(17)18)7-6-10-4-2-3-5-13(10)15/h2-5,11-12H,6-9H2,1H3,(H,17,18). The van der Waals surface area contributed by atoms with Crippen molar-refractivity contribution in [2.75, 3.05) is 13.6 Å². The second-order valence-electron chi connectivity index (χ2n) is 4.98. The molecule has 1 fully saturated rings. The third-order valence-corrected chi connectivity index (χ3v) is 4.55. The van der Waals surface area contributed by atoms with E-state index in [1.54, 1.807) is 0 Å². The molecular weight excluding hydrogens is 294 g/mol. The Morgan fingerprint density at radius 1 is 1.44 bits per heavy atom. The zero-order valence-corrected chi connectivity index (χ0v) is 12.1. The fraction of sp³-hybridized carbons (Fsp3) is 0.500. The number of likely N-dealkylation sites (N-methyl/N-ethyl adjacent to an activating group) is 1. The number of halogens is 1. The third kappa shape index (κ3) is 3.12. The molecule has 0 aromatic heterocycles. The van der Waals surface area contributed by atoms with Crippen LogP contribution in [0.2, 0.25) is 0 Å². The highest BCUT2D eigenvalue weighted by molar-refractivity contribution is 9.10. The van der Waals surface area contributed by atoms with Gasteiger partial charge in [0.05, 0.1) is 5.92 Å². The molecule has 1 aliphatic rings. The van der Waals surface area contributed by atoms with Gasteiger partial charge in [-0.3, -0.25) is 4.79 Å². The molecule has 1 aromatic carbocycles. The molecule has 1 aliphatic carbocycles. The van der Waals surface area contributed by atoms with Gasteiger partial charge in [0, 0.05) is 17.1 Å². The van der Waals surface area contributed by atoms with Crippen molar-refractivity contribution >= 4 is 21.9 Å². The molecule has 3 nitrogen and oxygen atoms in total. The normalized spacial score (nSPS) is 22.8. The van der Waals surface area contributed by atoms with Gasteiger partial charge in [0.25, 0.3) is 0 Å². The molecular formula is C14H18BrNO2. The van der Waals surface area contributed by atoms with E-state index in [2.05, 4.69) is 40.0 Å². The molecule has 0 atom stereocenters. The van der Waals surface area contributed by atoms with Crippen LogP contribution in [-0.2, 0) is 11.2 Å². The highest BCUT2D eigenvalue weighted by atomic mass is 79.9. The second kappa shape index (κ2) is 5.85. The van der Waals surface area contributed by atoms with Crippen LogP contribution in [0.4, 0.5) is 0 Å². The first-order chi connectivity index (χ1) is 8.58. The van der Waals surface area contributed by atoms with Gasteiger partial charge < -0.3 is 10.0 Å². The average Bonchev–Trinajstić information content (AvgIpc) is 2.25. The first-order valence-corrected chi connectivity index (χ1v) is 7.03. The van der Waals surface area contributed by atoms with Gasteiger partial charge >= 0.3 is 5.97 Å². The van der Waals surface area contributed by atoms with E-state index >= 15 is 0 Å². The Balaban J connectivity index is 1.78. The summed E-state index contributed by atoms with van der Waals surface area (Å²) in [6.45, 7) is 0.972. The first kappa shape index (κ1) is 13.6. The van der Waals surface area contributed by atoms with Crippen molar-refractivity contribution in [1.29, 1.82) is 0 Å².